The number of fused-ring (bicyclic) bond motifs is 1. The molecule has 1 heterocycles. The number of rotatable bonds is 0. The quantitative estimate of drug-likeness (QED) is 0.684. The second kappa shape index (κ2) is 6.65. The summed E-state index contributed by atoms with van der Waals surface area (Å²) in [4.78, 5) is 5.85. The van der Waals surface area contributed by atoms with Crippen LogP contribution in [-0.2, 0) is 0 Å². The van der Waals surface area contributed by atoms with Crippen LogP contribution in [0, 0.1) is 0 Å². The normalized spacial score (nSPS) is 22.8. The maximum Gasteiger partial charge on any atom is 0.0389 e. The van der Waals surface area contributed by atoms with Crippen LogP contribution in [0.4, 0.5) is 0 Å². The number of hydrogen-bond donors (Lipinski definition) is 0. The van der Waals surface area contributed by atoms with Gasteiger partial charge in [-0.2, -0.15) is 0 Å². The SMILES string of the molecule is C/C1=c2/cccc/c2=C/C=NCCCCCS1. The standard InChI is InChI=1S/C15H19NS/c1-13-15-8-4-3-7-14(15)9-11-16-10-5-2-6-12-17-13/h3-4,7-9,11H,2,5-6,10,12H2,1H3/b14-9-,15-13+,16-11?. The monoisotopic (exact) mass is 245 g/mol. The van der Waals surface area contributed by atoms with Crippen molar-refractivity contribution in [2.45, 2.75) is 26.2 Å². The zero-order chi connectivity index (χ0) is 11.9. The third kappa shape index (κ3) is 3.74. The fourth-order valence-electron chi connectivity index (χ4n) is 1.96. The fourth-order valence-corrected chi connectivity index (χ4v) is 2.95. The molecule has 0 atom stereocenters. The van der Waals surface area contributed by atoms with Crippen molar-refractivity contribution in [1.29, 1.82) is 0 Å². The maximum atomic E-state index is 4.43. The third-order valence-electron chi connectivity index (χ3n) is 2.95. The van der Waals surface area contributed by atoms with Crippen LogP contribution >= 0.6 is 11.8 Å². The Bertz CT molecular complexity index is 502. The summed E-state index contributed by atoms with van der Waals surface area (Å²) in [5.41, 5.74) is 0. The molecule has 1 aliphatic heterocycles. The second-order valence-corrected chi connectivity index (χ2v) is 5.58. The lowest BCUT2D eigenvalue weighted by atomic mass is 10.2. The van der Waals surface area contributed by atoms with E-state index < -0.39 is 0 Å². The molecule has 0 saturated heterocycles. The van der Waals surface area contributed by atoms with E-state index in [0.29, 0.717) is 0 Å². The van der Waals surface area contributed by atoms with Crippen LogP contribution in [0.15, 0.2) is 29.3 Å². The van der Waals surface area contributed by atoms with Crippen molar-refractivity contribution in [1.82, 2.24) is 0 Å². The first-order valence-corrected chi connectivity index (χ1v) is 7.25. The van der Waals surface area contributed by atoms with Crippen molar-refractivity contribution in [3.63, 3.8) is 0 Å². The molecular formula is C15H19NS. The third-order valence-corrected chi connectivity index (χ3v) is 4.10. The summed E-state index contributed by atoms with van der Waals surface area (Å²) in [5.74, 6) is 1.23. The lowest BCUT2D eigenvalue weighted by Gasteiger charge is -2.03. The molecule has 1 aromatic rings. The van der Waals surface area contributed by atoms with Crippen molar-refractivity contribution in [2.24, 2.45) is 4.99 Å². The molecule has 0 unspecified atom stereocenters. The van der Waals surface area contributed by atoms with Crippen molar-refractivity contribution in [3.8, 4) is 0 Å². The molecule has 0 aliphatic carbocycles. The Morgan fingerprint density at radius 3 is 2.94 bits per heavy atom. The molecular weight excluding hydrogens is 226 g/mol. The molecule has 1 nitrogen and oxygen atoms in total. The number of aliphatic imine (C=N–C) groups is 1. The second-order valence-electron chi connectivity index (χ2n) is 4.27. The highest BCUT2D eigenvalue weighted by atomic mass is 32.2. The van der Waals surface area contributed by atoms with E-state index in [2.05, 4.69) is 42.3 Å². The average Bonchev–Trinajstić information content (AvgIpc) is 2.35. The molecule has 0 saturated carbocycles. The van der Waals surface area contributed by atoms with Gasteiger partial charge in [-0.25, -0.2) is 0 Å². The van der Waals surface area contributed by atoms with E-state index in [-0.39, 0.29) is 0 Å². The summed E-state index contributed by atoms with van der Waals surface area (Å²) >= 11 is 1.99. The van der Waals surface area contributed by atoms with Gasteiger partial charge in [0.15, 0.2) is 0 Å². The highest BCUT2D eigenvalue weighted by molar-refractivity contribution is 8.07. The minimum absolute atomic E-state index is 0.964. The Kier molecular flexibility index (Phi) is 4.87. The molecule has 1 aromatic carbocycles. The van der Waals surface area contributed by atoms with E-state index in [1.165, 1.54) is 40.4 Å². The summed E-state index contributed by atoms with van der Waals surface area (Å²) < 4.78 is 0. The van der Waals surface area contributed by atoms with Gasteiger partial charge < -0.3 is 0 Å². The van der Waals surface area contributed by atoms with Gasteiger partial charge >= 0.3 is 0 Å². The summed E-state index contributed by atoms with van der Waals surface area (Å²) in [6.07, 6.45) is 7.88. The van der Waals surface area contributed by atoms with Crippen LogP contribution in [0.5, 0.6) is 0 Å². The highest BCUT2D eigenvalue weighted by Gasteiger charge is 1.96. The lowest BCUT2D eigenvalue weighted by Crippen LogP contribution is -2.25. The van der Waals surface area contributed by atoms with Gasteiger partial charge in [0.2, 0.25) is 0 Å². The van der Waals surface area contributed by atoms with Crippen LogP contribution in [0.2, 0.25) is 0 Å². The van der Waals surface area contributed by atoms with Gasteiger partial charge in [0.25, 0.3) is 0 Å². The minimum atomic E-state index is 0.964. The van der Waals surface area contributed by atoms with E-state index >= 15 is 0 Å². The summed E-state index contributed by atoms with van der Waals surface area (Å²) in [5, 5.41) is 2.63. The topological polar surface area (TPSA) is 12.4 Å². The number of nitrogens with zero attached hydrogens (tertiary/aromatic N) is 1. The van der Waals surface area contributed by atoms with Gasteiger partial charge in [0, 0.05) is 12.8 Å². The van der Waals surface area contributed by atoms with Crippen LogP contribution < -0.4 is 10.4 Å². The fraction of sp³-hybridized carbons (Fsp3) is 0.400. The lowest BCUT2D eigenvalue weighted by molar-refractivity contribution is 0.735. The van der Waals surface area contributed by atoms with Crippen molar-refractivity contribution < 1.29 is 0 Å². The van der Waals surface area contributed by atoms with Crippen LogP contribution in [0.1, 0.15) is 26.2 Å². The Morgan fingerprint density at radius 2 is 2.00 bits per heavy atom. The minimum Gasteiger partial charge on any atom is -0.293 e. The first-order valence-electron chi connectivity index (χ1n) is 6.27. The zero-order valence-electron chi connectivity index (χ0n) is 10.4. The molecule has 0 amide bonds. The first-order chi connectivity index (χ1) is 8.38. The molecule has 0 radical (unpaired) electrons. The van der Waals surface area contributed by atoms with E-state index in [1.54, 1.807) is 0 Å². The first kappa shape index (κ1) is 12.4. The number of benzene rings is 1. The maximum absolute atomic E-state index is 4.43. The molecule has 2 heteroatoms. The zero-order valence-corrected chi connectivity index (χ0v) is 11.2. The average molecular weight is 245 g/mol. The van der Waals surface area contributed by atoms with Gasteiger partial charge in [0.1, 0.15) is 0 Å². The Hall–Kier alpha value is -1.02. The molecule has 0 aromatic heterocycles. The Balaban J connectivity index is 2.45. The van der Waals surface area contributed by atoms with E-state index in [4.69, 9.17) is 0 Å². The summed E-state index contributed by atoms with van der Waals surface area (Å²) in [7, 11) is 0. The number of thioether (sulfide) groups is 1. The van der Waals surface area contributed by atoms with Crippen LogP contribution in [0.3, 0.4) is 0 Å². The highest BCUT2D eigenvalue weighted by Crippen LogP contribution is 2.16. The van der Waals surface area contributed by atoms with Gasteiger partial charge in [-0.05, 0) is 46.9 Å². The largest absolute Gasteiger partial charge is 0.293 e. The van der Waals surface area contributed by atoms with Crippen LogP contribution in [-0.4, -0.2) is 18.5 Å². The summed E-state index contributed by atoms with van der Waals surface area (Å²) in [6, 6.07) is 8.57. The predicted octanol–water partition coefficient (Wildman–Crippen LogP) is 2.58. The van der Waals surface area contributed by atoms with Gasteiger partial charge in [-0.15, -0.1) is 11.8 Å². The molecule has 90 valence electrons. The van der Waals surface area contributed by atoms with E-state index in [9.17, 15) is 0 Å². The van der Waals surface area contributed by atoms with Gasteiger partial charge in [-0.3, -0.25) is 4.99 Å². The molecule has 17 heavy (non-hydrogen) atoms. The molecule has 0 bridgehead atoms. The van der Waals surface area contributed by atoms with Gasteiger partial charge in [0.05, 0.1) is 0 Å². The predicted molar refractivity (Wildman–Crippen MR) is 78.9 cm³/mol. The van der Waals surface area contributed by atoms with Crippen molar-refractivity contribution >= 4 is 29.0 Å². The molecule has 0 N–H and O–H groups in total. The van der Waals surface area contributed by atoms with Crippen molar-refractivity contribution in [2.75, 3.05) is 12.3 Å². The Labute approximate surface area is 107 Å². The molecule has 2 rings (SSSR count). The van der Waals surface area contributed by atoms with Gasteiger partial charge in [-0.1, -0.05) is 30.7 Å². The number of hydrogen-bond acceptors (Lipinski definition) is 2. The summed E-state index contributed by atoms with van der Waals surface area (Å²) in [6.45, 7) is 3.19. The Morgan fingerprint density at radius 1 is 1.12 bits per heavy atom. The molecule has 0 spiro atoms. The smallest absolute Gasteiger partial charge is 0.0389 e. The van der Waals surface area contributed by atoms with Crippen molar-refractivity contribution in [3.05, 3.63) is 34.7 Å². The molecule has 0 fully saturated rings. The van der Waals surface area contributed by atoms with E-state index in [0.717, 1.165) is 6.54 Å². The van der Waals surface area contributed by atoms with E-state index in [1.807, 2.05) is 18.0 Å². The van der Waals surface area contributed by atoms with Crippen LogP contribution in [0.25, 0.3) is 11.0 Å². The molecule has 1 aliphatic rings.